The molecule has 0 amide bonds. The average Bonchev–Trinajstić information content (AvgIpc) is 3.43. The Kier molecular flexibility index (Phi) is 5.96. The summed E-state index contributed by atoms with van der Waals surface area (Å²) >= 11 is 0. The SMILES string of the molecule is CCCN(Cc1cn(CC23CCC(N)(CC2)C3)nc1C)c1ccnc(-c2ccc(C)cc2F)c1. The second kappa shape index (κ2) is 8.81. The number of hydrogen-bond acceptors (Lipinski definition) is 4. The summed E-state index contributed by atoms with van der Waals surface area (Å²) < 4.78 is 16.8. The summed E-state index contributed by atoms with van der Waals surface area (Å²) in [6.45, 7) is 8.82. The van der Waals surface area contributed by atoms with Crippen molar-refractivity contribution in [3.05, 3.63) is 65.4 Å². The standard InChI is InChI=1S/C28H36FN5/c1-4-13-33(23-7-12-31-26(15-23)24-6-5-20(2)14-25(24)29)16-22-17-34(32-21(22)3)19-27-8-10-28(30,18-27)11-9-27/h5-7,12,14-15,17H,4,8-11,13,16,18-19,30H2,1-3H3. The molecule has 2 fully saturated rings. The van der Waals surface area contributed by atoms with E-state index in [0.29, 0.717) is 16.7 Å². The third-order valence-corrected chi connectivity index (χ3v) is 7.94. The lowest BCUT2D eigenvalue weighted by Gasteiger charge is -2.26. The van der Waals surface area contributed by atoms with Gasteiger partial charge in [-0.15, -0.1) is 0 Å². The summed E-state index contributed by atoms with van der Waals surface area (Å²) in [6, 6.07) is 9.32. The van der Waals surface area contributed by atoms with E-state index in [1.165, 1.54) is 18.4 Å². The van der Waals surface area contributed by atoms with E-state index in [9.17, 15) is 4.39 Å². The maximum absolute atomic E-state index is 14.6. The first kappa shape index (κ1) is 23.0. The van der Waals surface area contributed by atoms with Crippen molar-refractivity contribution >= 4 is 5.69 Å². The maximum atomic E-state index is 14.6. The number of aromatic nitrogens is 3. The third-order valence-electron chi connectivity index (χ3n) is 7.94. The lowest BCUT2D eigenvalue weighted by atomic mass is 9.84. The van der Waals surface area contributed by atoms with Crippen LogP contribution in [-0.2, 0) is 13.1 Å². The van der Waals surface area contributed by atoms with Gasteiger partial charge in [-0.05, 0) is 87.6 Å². The number of benzene rings is 1. The van der Waals surface area contributed by atoms with Gasteiger partial charge in [-0.1, -0.05) is 13.0 Å². The highest BCUT2D eigenvalue weighted by molar-refractivity contribution is 5.65. The van der Waals surface area contributed by atoms with Crippen molar-refractivity contribution in [2.24, 2.45) is 11.1 Å². The van der Waals surface area contributed by atoms with Crippen molar-refractivity contribution < 1.29 is 4.39 Å². The Labute approximate surface area is 202 Å². The van der Waals surface area contributed by atoms with E-state index in [0.717, 1.165) is 62.3 Å². The van der Waals surface area contributed by atoms with Gasteiger partial charge >= 0.3 is 0 Å². The van der Waals surface area contributed by atoms with E-state index in [1.54, 1.807) is 12.3 Å². The molecule has 2 N–H and O–H groups in total. The van der Waals surface area contributed by atoms with Gasteiger partial charge in [0.15, 0.2) is 0 Å². The molecule has 2 aliphatic carbocycles. The Bertz CT molecular complexity index is 1180. The summed E-state index contributed by atoms with van der Waals surface area (Å²) in [5, 5.41) is 4.89. The Morgan fingerprint density at radius 3 is 2.59 bits per heavy atom. The number of halogens is 1. The highest BCUT2D eigenvalue weighted by Gasteiger charge is 2.52. The molecule has 2 heterocycles. The smallest absolute Gasteiger partial charge is 0.132 e. The van der Waals surface area contributed by atoms with Gasteiger partial charge in [-0.25, -0.2) is 4.39 Å². The van der Waals surface area contributed by atoms with Gasteiger partial charge in [-0.2, -0.15) is 5.10 Å². The van der Waals surface area contributed by atoms with Crippen molar-refractivity contribution in [2.45, 2.75) is 77.9 Å². The molecule has 6 heteroatoms. The zero-order valence-corrected chi connectivity index (χ0v) is 20.6. The van der Waals surface area contributed by atoms with Crippen LogP contribution >= 0.6 is 0 Å². The van der Waals surface area contributed by atoms with Crippen molar-refractivity contribution in [1.29, 1.82) is 0 Å². The highest BCUT2D eigenvalue weighted by Crippen LogP contribution is 2.56. The van der Waals surface area contributed by atoms with Crippen LogP contribution in [0.3, 0.4) is 0 Å². The van der Waals surface area contributed by atoms with Crippen molar-refractivity contribution in [3.8, 4) is 11.3 Å². The van der Waals surface area contributed by atoms with Gasteiger partial charge in [-0.3, -0.25) is 9.67 Å². The summed E-state index contributed by atoms with van der Waals surface area (Å²) in [4.78, 5) is 6.81. The van der Waals surface area contributed by atoms with Crippen LogP contribution in [0.5, 0.6) is 0 Å². The molecule has 0 radical (unpaired) electrons. The first-order valence-electron chi connectivity index (χ1n) is 12.6. The molecule has 5 rings (SSSR count). The molecule has 1 aromatic carbocycles. The normalized spacial score (nSPS) is 23.6. The number of rotatable bonds is 8. The van der Waals surface area contributed by atoms with E-state index in [4.69, 9.17) is 10.8 Å². The van der Waals surface area contributed by atoms with Gasteiger partial charge in [0.05, 0.1) is 11.4 Å². The van der Waals surface area contributed by atoms with Gasteiger partial charge in [0.1, 0.15) is 5.82 Å². The topological polar surface area (TPSA) is 60.0 Å². The minimum Gasteiger partial charge on any atom is -0.367 e. The number of pyridine rings is 1. The first-order chi connectivity index (χ1) is 16.3. The number of hydrogen-bond donors (Lipinski definition) is 1. The van der Waals surface area contributed by atoms with Crippen LogP contribution in [0.2, 0.25) is 0 Å². The van der Waals surface area contributed by atoms with E-state index < -0.39 is 0 Å². The predicted octanol–water partition coefficient (Wildman–Crippen LogP) is 5.78. The molecule has 5 nitrogen and oxygen atoms in total. The van der Waals surface area contributed by atoms with Crippen molar-refractivity contribution in [2.75, 3.05) is 11.4 Å². The summed E-state index contributed by atoms with van der Waals surface area (Å²) in [7, 11) is 0. The number of nitrogens with two attached hydrogens (primary N) is 1. The summed E-state index contributed by atoms with van der Waals surface area (Å²) in [6.07, 6.45) is 10.9. The van der Waals surface area contributed by atoms with Crippen LogP contribution < -0.4 is 10.6 Å². The van der Waals surface area contributed by atoms with E-state index >= 15 is 0 Å². The van der Waals surface area contributed by atoms with Crippen molar-refractivity contribution in [3.63, 3.8) is 0 Å². The van der Waals surface area contributed by atoms with Gasteiger partial charge in [0.25, 0.3) is 0 Å². The molecule has 0 unspecified atom stereocenters. The Balaban J connectivity index is 1.37. The molecule has 2 aliphatic rings. The fraction of sp³-hybridized carbons (Fsp3) is 0.500. The van der Waals surface area contributed by atoms with E-state index in [2.05, 4.69) is 34.6 Å². The predicted molar refractivity (Wildman–Crippen MR) is 135 cm³/mol. The summed E-state index contributed by atoms with van der Waals surface area (Å²) in [5.41, 5.74) is 12.4. The van der Waals surface area contributed by atoms with Crippen LogP contribution in [0.25, 0.3) is 11.3 Å². The van der Waals surface area contributed by atoms with Gasteiger partial charge in [0.2, 0.25) is 0 Å². The molecule has 180 valence electrons. The van der Waals surface area contributed by atoms with E-state index in [-0.39, 0.29) is 11.4 Å². The highest BCUT2D eigenvalue weighted by atomic mass is 19.1. The monoisotopic (exact) mass is 461 g/mol. The minimum absolute atomic E-state index is 0.0684. The van der Waals surface area contributed by atoms with Crippen molar-refractivity contribution in [1.82, 2.24) is 14.8 Å². The quantitative estimate of drug-likeness (QED) is 0.462. The second-order valence-electron chi connectivity index (χ2n) is 10.8. The molecule has 0 spiro atoms. The van der Waals surface area contributed by atoms with Gasteiger partial charge < -0.3 is 10.6 Å². The third kappa shape index (κ3) is 4.48. The second-order valence-corrected chi connectivity index (χ2v) is 10.8. The molecule has 34 heavy (non-hydrogen) atoms. The van der Waals surface area contributed by atoms with E-state index in [1.807, 2.05) is 31.2 Å². The molecule has 3 aromatic rings. The fourth-order valence-electron chi connectivity index (χ4n) is 6.10. The largest absolute Gasteiger partial charge is 0.367 e. The van der Waals surface area contributed by atoms with Crippen LogP contribution in [0.1, 0.15) is 62.3 Å². The lowest BCUT2D eigenvalue weighted by molar-refractivity contribution is 0.237. The number of aryl methyl sites for hydroxylation is 2. The summed E-state index contributed by atoms with van der Waals surface area (Å²) in [5.74, 6) is -0.233. The zero-order valence-electron chi connectivity index (χ0n) is 20.6. The molecule has 0 atom stereocenters. The number of anilines is 1. The molecular weight excluding hydrogens is 425 g/mol. The first-order valence-corrected chi connectivity index (χ1v) is 12.6. The maximum Gasteiger partial charge on any atom is 0.132 e. The van der Waals surface area contributed by atoms with Crippen LogP contribution in [0.4, 0.5) is 10.1 Å². The zero-order chi connectivity index (χ0) is 23.9. The minimum atomic E-state index is -0.233. The number of nitrogens with zero attached hydrogens (tertiary/aromatic N) is 4. The average molecular weight is 462 g/mol. The number of fused-ring (bicyclic) bond motifs is 2. The molecule has 2 aromatic heterocycles. The molecule has 2 saturated carbocycles. The Morgan fingerprint density at radius 2 is 1.91 bits per heavy atom. The molecule has 0 saturated heterocycles. The Hall–Kier alpha value is -2.73. The van der Waals surface area contributed by atoms with Gasteiger partial charge in [0, 0.05) is 54.4 Å². The molecule has 0 aliphatic heterocycles. The molecule has 2 bridgehead atoms. The Morgan fingerprint density at radius 1 is 1.12 bits per heavy atom. The van der Waals surface area contributed by atoms with Crippen LogP contribution in [-0.4, -0.2) is 26.8 Å². The molecular formula is C28H36FN5. The lowest BCUT2D eigenvalue weighted by Crippen LogP contribution is -2.33. The fourth-order valence-corrected chi connectivity index (χ4v) is 6.10. The van der Waals surface area contributed by atoms with Crippen LogP contribution in [0.15, 0.2) is 42.7 Å². The van der Waals surface area contributed by atoms with Crippen LogP contribution in [0, 0.1) is 25.1 Å².